The summed E-state index contributed by atoms with van der Waals surface area (Å²) in [7, 11) is 0. The van der Waals surface area contributed by atoms with E-state index >= 15 is 0 Å². The van der Waals surface area contributed by atoms with Crippen LogP contribution >= 0.6 is 0 Å². The maximum atomic E-state index is 12.1. The van der Waals surface area contributed by atoms with E-state index in [0.29, 0.717) is 17.8 Å². The summed E-state index contributed by atoms with van der Waals surface area (Å²) in [4.78, 5) is 34.6. The van der Waals surface area contributed by atoms with E-state index in [4.69, 9.17) is 14.3 Å². The first-order chi connectivity index (χ1) is 13.9. The van der Waals surface area contributed by atoms with Gasteiger partial charge in [-0.2, -0.15) is 0 Å². The number of fused-ring (bicyclic) bond motifs is 1. The van der Waals surface area contributed by atoms with Gasteiger partial charge in [-0.1, -0.05) is 30.3 Å². The van der Waals surface area contributed by atoms with Crippen LogP contribution in [0.5, 0.6) is 5.75 Å². The highest BCUT2D eigenvalue weighted by atomic mass is 16.5. The molecule has 1 heterocycles. The fraction of sp³-hybridized carbons (Fsp3) is 0.227. The minimum Gasteiger partial charge on any atom is -0.481 e. The molecule has 0 aliphatic rings. The highest BCUT2D eigenvalue weighted by Gasteiger charge is 2.15. The highest BCUT2D eigenvalue weighted by molar-refractivity contribution is 5.93. The molecule has 7 nitrogen and oxygen atoms in total. The third-order valence-electron chi connectivity index (χ3n) is 4.35. The fourth-order valence-corrected chi connectivity index (χ4v) is 2.93. The molecule has 0 bridgehead atoms. The van der Waals surface area contributed by atoms with Gasteiger partial charge in [-0.05, 0) is 36.6 Å². The van der Waals surface area contributed by atoms with Gasteiger partial charge >= 0.3 is 11.6 Å². The van der Waals surface area contributed by atoms with Crippen LogP contribution in [0, 0.1) is 0 Å². The van der Waals surface area contributed by atoms with Crippen LogP contribution in [0.15, 0.2) is 63.8 Å². The lowest BCUT2D eigenvalue weighted by Crippen LogP contribution is -2.36. The minimum atomic E-state index is -0.906. The smallest absolute Gasteiger partial charge is 0.336 e. The fourth-order valence-electron chi connectivity index (χ4n) is 2.93. The van der Waals surface area contributed by atoms with Crippen LogP contribution < -0.4 is 15.7 Å². The Morgan fingerprint density at radius 2 is 1.90 bits per heavy atom. The molecule has 3 aromatic rings. The van der Waals surface area contributed by atoms with Crippen LogP contribution in [0.25, 0.3) is 22.1 Å². The first-order valence-electron chi connectivity index (χ1n) is 9.23. The Morgan fingerprint density at radius 3 is 2.62 bits per heavy atom. The minimum absolute atomic E-state index is 0.0109. The van der Waals surface area contributed by atoms with E-state index in [2.05, 4.69) is 5.32 Å². The topological polar surface area (TPSA) is 106 Å². The number of carboxylic acids is 1. The van der Waals surface area contributed by atoms with Crippen molar-refractivity contribution in [1.29, 1.82) is 0 Å². The summed E-state index contributed by atoms with van der Waals surface area (Å²) >= 11 is 0. The number of nitrogens with one attached hydrogen (secondary N) is 1. The van der Waals surface area contributed by atoms with Crippen molar-refractivity contribution in [2.24, 2.45) is 0 Å². The van der Waals surface area contributed by atoms with Crippen LogP contribution in [0.1, 0.15) is 19.8 Å². The van der Waals surface area contributed by atoms with E-state index in [9.17, 15) is 14.4 Å². The molecule has 3 rings (SSSR count). The van der Waals surface area contributed by atoms with Crippen molar-refractivity contribution in [2.45, 2.75) is 25.9 Å². The summed E-state index contributed by atoms with van der Waals surface area (Å²) in [6.45, 7) is 1.85. The van der Waals surface area contributed by atoms with E-state index in [0.717, 1.165) is 16.5 Å². The number of aliphatic carboxylic acids is 1. The molecule has 0 aliphatic carbocycles. The number of rotatable bonds is 8. The van der Waals surface area contributed by atoms with Gasteiger partial charge < -0.3 is 19.6 Å². The maximum absolute atomic E-state index is 12.1. The third-order valence-corrected chi connectivity index (χ3v) is 4.35. The lowest BCUT2D eigenvalue weighted by Gasteiger charge is -2.15. The summed E-state index contributed by atoms with van der Waals surface area (Å²) < 4.78 is 11.0. The van der Waals surface area contributed by atoms with Crippen LogP contribution in [0.4, 0.5) is 0 Å². The van der Waals surface area contributed by atoms with Crippen molar-refractivity contribution in [1.82, 2.24) is 5.32 Å². The van der Waals surface area contributed by atoms with Gasteiger partial charge in [-0.25, -0.2) is 4.79 Å². The normalized spacial score (nSPS) is 11.8. The largest absolute Gasteiger partial charge is 0.481 e. The molecule has 0 aliphatic heterocycles. The lowest BCUT2D eigenvalue weighted by atomic mass is 10.0. The van der Waals surface area contributed by atoms with Gasteiger partial charge in [-0.15, -0.1) is 0 Å². The quantitative estimate of drug-likeness (QED) is 0.448. The Balaban J connectivity index is 1.75. The Labute approximate surface area is 166 Å². The van der Waals surface area contributed by atoms with Crippen molar-refractivity contribution >= 4 is 22.8 Å². The van der Waals surface area contributed by atoms with Crippen molar-refractivity contribution in [3.8, 4) is 16.9 Å². The molecule has 2 N–H and O–H groups in total. The van der Waals surface area contributed by atoms with Crippen molar-refractivity contribution in [3.63, 3.8) is 0 Å². The third kappa shape index (κ3) is 5.22. The number of carbonyl (C=O) groups excluding carboxylic acids is 1. The van der Waals surface area contributed by atoms with E-state index in [-0.39, 0.29) is 18.9 Å². The molecule has 0 unspecified atom stereocenters. The summed E-state index contributed by atoms with van der Waals surface area (Å²) in [5.74, 6) is -0.870. The predicted octanol–water partition coefficient (Wildman–Crippen LogP) is 3.21. The molecule has 1 amide bonds. The van der Waals surface area contributed by atoms with Gasteiger partial charge in [0.1, 0.15) is 11.3 Å². The number of ether oxygens (including phenoxy) is 1. The van der Waals surface area contributed by atoms with Crippen LogP contribution in [-0.4, -0.2) is 29.6 Å². The van der Waals surface area contributed by atoms with Crippen LogP contribution in [-0.2, 0) is 9.59 Å². The molecule has 1 aromatic heterocycles. The average molecular weight is 395 g/mol. The molecule has 0 fully saturated rings. The first-order valence-corrected chi connectivity index (χ1v) is 9.23. The Hall–Kier alpha value is -3.61. The van der Waals surface area contributed by atoms with Crippen molar-refractivity contribution in [2.75, 3.05) is 6.54 Å². The Kier molecular flexibility index (Phi) is 6.29. The molecular formula is C22H21NO6. The van der Waals surface area contributed by atoms with Gasteiger partial charge in [0.05, 0.1) is 0 Å². The Bertz CT molecular complexity index is 1070. The maximum Gasteiger partial charge on any atom is 0.336 e. The molecule has 7 heteroatoms. The van der Waals surface area contributed by atoms with Crippen LogP contribution in [0.2, 0.25) is 0 Å². The van der Waals surface area contributed by atoms with Gasteiger partial charge in [0.25, 0.3) is 5.91 Å². The van der Waals surface area contributed by atoms with E-state index in [1.54, 1.807) is 25.1 Å². The second-order valence-electron chi connectivity index (χ2n) is 6.55. The van der Waals surface area contributed by atoms with Crippen LogP contribution in [0.3, 0.4) is 0 Å². The number of hydrogen-bond donors (Lipinski definition) is 2. The zero-order valence-electron chi connectivity index (χ0n) is 15.9. The molecule has 0 saturated carbocycles. The SMILES string of the molecule is C[C@H](Oc1ccc2c(-c3ccccc3)cc(=O)oc2c1)C(=O)NCCCC(=O)O. The molecule has 29 heavy (non-hydrogen) atoms. The average Bonchev–Trinajstić information content (AvgIpc) is 2.70. The van der Waals surface area contributed by atoms with Crippen molar-refractivity contribution in [3.05, 3.63) is 65.0 Å². The van der Waals surface area contributed by atoms with Crippen molar-refractivity contribution < 1.29 is 23.8 Å². The number of benzene rings is 2. The number of carbonyl (C=O) groups is 2. The van der Waals surface area contributed by atoms with E-state index in [1.807, 2.05) is 30.3 Å². The molecule has 1 atom stereocenters. The lowest BCUT2D eigenvalue weighted by molar-refractivity contribution is -0.137. The summed E-state index contributed by atoms with van der Waals surface area (Å²) in [5, 5.41) is 12.0. The van der Waals surface area contributed by atoms with Gasteiger partial charge in [0, 0.05) is 30.5 Å². The molecule has 0 radical (unpaired) electrons. The summed E-state index contributed by atoms with van der Waals surface area (Å²) in [6, 6.07) is 16.0. The molecule has 2 aromatic carbocycles. The summed E-state index contributed by atoms with van der Waals surface area (Å²) in [5.41, 5.74) is 1.54. The predicted molar refractivity (Wildman–Crippen MR) is 108 cm³/mol. The monoisotopic (exact) mass is 395 g/mol. The van der Waals surface area contributed by atoms with Gasteiger partial charge in [0.15, 0.2) is 6.10 Å². The number of amides is 1. The molecular weight excluding hydrogens is 374 g/mol. The number of carboxylic acid groups (broad SMARTS) is 1. The van der Waals surface area contributed by atoms with E-state index < -0.39 is 17.7 Å². The summed E-state index contributed by atoms with van der Waals surface area (Å²) in [6.07, 6.45) is -0.457. The highest BCUT2D eigenvalue weighted by Crippen LogP contribution is 2.29. The molecule has 150 valence electrons. The first kappa shape index (κ1) is 20.1. The molecule has 0 spiro atoms. The number of hydrogen-bond acceptors (Lipinski definition) is 5. The van der Waals surface area contributed by atoms with Gasteiger partial charge in [0.2, 0.25) is 0 Å². The second-order valence-corrected chi connectivity index (χ2v) is 6.55. The zero-order valence-corrected chi connectivity index (χ0v) is 15.9. The second kappa shape index (κ2) is 9.05. The van der Waals surface area contributed by atoms with E-state index in [1.165, 1.54) is 6.07 Å². The van der Waals surface area contributed by atoms with Gasteiger partial charge in [-0.3, -0.25) is 9.59 Å². The Morgan fingerprint density at radius 1 is 1.14 bits per heavy atom. The standard InChI is InChI=1S/C22H21NO6/c1-14(22(27)23-11-5-8-20(24)25)28-16-9-10-17-18(15-6-3-2-4-7-15)13-21(26)29-19(17)12-16/h2-4,6-7,9-10,12-14H,5,8,11H2,1H3,(H,23,27)(H,24,25)/t14-/m0/s1. The zero-order chi connectivity index (χ0) is 20.8. The molecule has 0 saturated heterocycles.